The van der Waals surface area contributed by atoms with Crippen LogP contribution in [-0.4, -0.2) is 14.4 Å². The Morgan fingerprint density at radius 2 is 1.36 bits per heavy atom. The number of hydrogen-bond acceptors (Lipinski definition) is 2. The Morgan fingerprint density at radius 1 is 0.682 bits per heavy atom. The molecule has 3 nitrogen and oxygen atoms in total. The summed E-state index contributed by atoms with van der Waals surface area (Å²) in [6.07, 6.45) is 9.03. The van der Waals surface area contributed by atoms with Gasteiger partial charge in [0, 0.05) is 22.6 Å². The highest BCUT2D eigenvalue weighted by Gasteiger charge is 2.37. The van der Waals surface area contributed by atoms with Crippen LogP contribution in [-0.2, 0) is 5.41 Å². The minimum Gasteiger partial charge on any atom is -0.298 e. The number of aromatic nitrogens is 3. The molecule has 4 aromatic carbocycles. The molecule has 3 aromatic heterocycles. The van der Waals surface area contributed by atoms with Gasteiger partial charge in [-0.1, -0.05) is 111 Å². The number of pyridine rings is 2. The molecule has 9 rings (SSSR count). The minimum absolute atomic E-state index is 0.0788. The second-order valence-corrected chi connectivity index (χ2v) is 12.6. The van der Waals surface area contributed by atoms with Gasteiger partial charge in [0.25, 0.3) is 0 Å². The molecular formula is C41H31N3. The number of rotatable bonds is 3. The van der Waals surface area contributed by atoms with Crippen LogP contribution in [0.3, 0.4) is 0 Å². The van der Waals surface area contributed by atoms with E-state index in [0.29, 0.717) is 0 Å². The van der Waals surface area contributed by atoms with Gasteiger partial charge in [-0.3, -0.25) is 4.40 Å². The fourth-order valence-corrected chi connectivity index (χ4v) is 7.42. The first-order chi connectivity index (χ1) is 21.6. The maximum atomic E-state index is 5.13. The van der Waals surface area contributed by atoms with Crippen molar-refractivity contribution in [3.63, 3.8) is 0 Å². The van der Waals surface area contributed by atoms with E-state index in [1.807, 2.05) is 18.2 Å². The van der Waals surface area contributed by atoms with E-state index < -0.39 is 0 Å². The zero-order valence-electron chi connectivity index (χ0n) is 24.9. The maximum Gasteiger partial charge on any atom is 0.137 e. The number of benzene rings is 4. The predicted molar refractivity (Wildman–Crippen MR) is 183 cm³/mol. The van der Waals surface area contributed by atoms with Gasteiger partial charge in [0.2, 0.25) is 0 Å². The molecule has 2 aliphatic carbocycles. The molecule has 7 aromatic rings. The predicted octanol–water partition coefficient (Wildman–Crippen LogP) is 10.4. The Hall–Kier alpha value is -5.28. The second-order valence-electron chi connectivity index (χ2n) is 12.6. The van der Waals surface area contributed by atoms with Crippen molar-refractivity contribution >= 4 is 33.2 Å². The minimum atomic E-state index is 0.0788. The first-order valence-corrected chi connectivity index (χ1v) is 15.5. The van der Waals surface area contributed by atoms with Crippen LogP contribution >= 0.6 is 0 Å². The van der Waals surface area contributed by atoms with E-state index in [2.05, 4.69) is 128 Å². The monoisotopic (exact) mass is 565 g/mol. The van der Waals surface area contributed by atoms with Gasteiger partial charge in [-0.2, -0.15) is 0 Å². The first kappa shape index (κ1) is 25.2. The summed E-state index contributed by atoms with van der Waals surface area (Å²) in [4.78, 5) is 10.1. The van der Waals surface area contributed by atoms with E-state index in [-0.39, 0.29) is 5.41 Å². The largest absolute Gasteiger partial charge is 0.298 e. The molecule has 2 aliphatic rings. The van der Waals surface area contributed by atoms with Gasteiger partial charge in [0.1, 0.15) is 11.2 Å². The molecule has 0 fully saturated rings. The lowest BCUT2D eigenvalue weighted by molar-refractivity contribution is 0.651. The lowest BCUT2D eigenvalue weighted by Crippen LogP contribution is -2.16. The fourth-order valence-electron chi connectivity index (χ4n) is 7.42. The van der Waals surface area contributed by atoms with Crippen molar-refractivity contribution in [1.82, 2.24) is 14.4 Å². The van der Waals surface area contributed by atoms with Crippen LogP contribution in [0.1, 0.15) is 37.8 Å². The van der Waals surface area contributed by atoms with Gasteiger partial charge in [0.15, 0.2) is 0 Å². The van der Waals surface area contributed by atoms with Crippen LogP contribution in [0, 0.1) is 0 Å². The Morgan fingerprint density at radius 3 is 2.16 bits per heavy atom. The molecule has 0 spiro atoms. The van der Waals surface area contributed by atoms with E-state index in [0.717, 1.165) is 51.7 Å². The molecule has 3 heteroatoms. The third-order valence-corrected chi connectivity index (χ3v) is 9.72. The Kier molecular flexibility index (Phi) is 5.37. The van der Waals surface area contributed by atoms with Crippen LogP contribution in [0.25, 0.3) is 66.7 Å². The maximum absolute atomic E-state index is 5.13. The summed E-state index contributed by atoms with van der Waals surface area (Å²) in [6.45, 7) is 4.72. The summed E-state index contributed by atoms with van der Waals surface area (Å²) in [5.41, 5.74) is 16.9. The lowest BCUT2D eigenvalue weighted by atomic mass is 9.80. The van der Waals surface area contributed by atoms with Crippen molar-refractivity contribution in [3.8, 4) is 33.5 Å². The smallest absolute Gasteiger partial charge is 0.137 e. The number of nitrogens with zero attached hydrogens (tertiary/aromatic N) is 3. The zero-order chi connectivity index (χ0) is 29.4. The number of hydrogen-bond donors (Lipinski definition) is 0. The molecular weight excluding hydrogens is 534 g/mol. The Bertz CT molecular complexity index is 2330. The first-order valence-electron chi connectivity index (χ1n) is 15.5. The second kappa shape index (κ2) is 9.36. The van der Waals surface area contributed by atoms with Crippen molar-refractivity contribution in [3.05, 3.63) is 144 Å². The van der Waals surface area contributed by atoms with Crippen LogP contribution in [0.2, 0.25) is 0 Å². The SMILES string of the molecule is CC1(C)C2=C(CCC=C2)c2cc(-c3ccc(-c4ccc(-c5nc6ccccc6c6nc7ccccn7c56)cc4)cc3)ccc21. The Labute approximate surface area is 256 Å². The van der Waals surface area contributed by atoms with Crippen molar-refractivity contribution < 1.29 is 0 Å². The molecule has 0 N–H and O–H groups in total. The van der Waals surface area contributed by atoms with E-state index in [1.165, 1.54) is 44.5 Å². The molecule has 44 heavy (non-hydrogen) atoms. The van der Waals surface area contributed by atoms with Crippen LogP contribution in [0.5, 0.6) is 0 Å². The molecule has 3 heterocycles. The van der Waals surface area contributed by atoms with Crippen molar-refractivity contribution in [1.29, 1.82) is 0 Å². The summed E-state index contributed by atoms with van der Waals surface area (Å²) in [6, 6.07) is 39.3. The summed E-state index contributed by atoms with van der Waals surface area (Å²) >= 11 is 0. The third kappa shape index (κ3) is 3.69. The molecule has 0 saturated heterocycles. The van der Waals surface area contributed by atoms with Gasteiger partial charge in [0.05, 0.1) is 16.7 Å². The number of fused-ring (bicyclic) bond motifs is 7. The summed E-state index contributed by atoms with van der Waals surface area (Å²) in [7, 11) is 0. The molecule has 0 radical (unpaired) electrons. The van der Waals surface area contributed by atoms with E-state index in [4.69, 9.17) is 9.97 Å². The highest BCUT2D eigenvalue weighted by Crippen LogP contribution is 2.50. The van der Waals surface area contributed by atoms with Crippen LogP contribution in [0.15, 0.2) is 133 Å². The summed E-state index contributed by atoms with van der Waals surface area (Å²) < 4.78 is 2.15. The average molecular weight is 566 g/mol. The summed E-state index contributed by atoms with van der Waals surface area (Å²) in [5, 5.41) is 1.08. The van der Waals surface area contributed by atoms with Gasteiger partial charge >= 0.3 is 0 Å². The topological polar surface area (TPSA) is 30.2 Å². The highest BCUT2D eigenvalue weighted by atomic mass is 15.0. The number of para-hydroxylation sites is 1. The van der Waals surface area contributed by atoms with Gasteiger partial charge < -0.3 is 0 Å². The molecule has 0 saturated carbocycles. The standard InChI is InChI=1S/C41H31N3/c1-41(2)34-11-5-3-9-31(34)33-25-30(22-23-35(33)41)28-16-14-26(15-17-28)27-18-20-29(21-19-27)38-40-39(32-10-4-6-12-36(32)42-38)43-37-13-7-8-24-44(37)40/h4-8,10-25H,3,9H2,1-2H3. The number of allylic oxidation sites excluding steroid dienone is 4. The third-order valence-electron chi connectivity index (χ3n) is 9.72. The molecule has 210 valence electrons. The quantitative estimate of drug-likeness (QED) is 0.213. The molecule has 0 bridgehead atoms. The molecule has 0 amide bonds. The number of imidazole rings is 1. The van der Waals surface area contributed by atoms with E-state index >= 15 is 0 Å². The van der Waals surface area contributed by atoms with Crippen molar-refractivity contribution in [2.75, 3.05) is 0 Å². The molecule has 0 atom stereocenters. The van der Waals surface area contributed by atoms with Crippen molar-refractivity contribution in [2.45, 2.75) is 32.1 Å². The van der Waals surface area contributed by atoms with Gasteiger partial charge in [-0.25, -0.2) is 9.97 Å². The van der Waals surface area contributed by atoms with Crippen LogP contribution < -0.4 is 0 Å². The van der Waals surface area contributed by atoms with Gasteiger partial charge in [-0.05, 0) is 81.6 Å². The molecule has 0 aliphatic heterocycles. The normalized spacial score (nSPS) is 15.3. The van der Waals surface area contributed by atoms with Gasteiger partial charge in [-0.15, -0.1) is 0 Å². The molecule has 0 unspecified atom stereocenters. The average Bonchev–Trinajstić information content (AvgIpc) is 3.58. The van der Waals surface area contributed by atoms with Crippen molar-refractivity contribution in [2.24, 2.45) is 0 Å². The Balaban J connectivity index is 1.07. The summed E-state index contributed by atoms with van der Waals surface area (Å²) in [5.74, 6) is 0. The highest BCUT2D eigenvalue weighted by molar-refractivity contribution is 6.09. The van der Waals surface area contributed by atoms with E-state index in [1.54, 1.807) is 0 Å². The zero-order valence-corrected chi connectivity index (χ0v) is 24.9. The fraction of sp³-hybridized carbons (Fsp3) is 0.122. The van der Waals surface area contributed by atoms with Crippen LogP contribution in [0.4, 0.5) is 0 Å². The lowest BCUT2D eigenvalue weighted by Gasteiger charge is -2.24. The van der Waals surface area contributed by atoms with E-state index in [9.17, 15) is 0 Å².